The molecule has 0 aliphatic carbocycles. The minimum Gasteiger partial charge on any atom is -0.482 e. The standard InChI is InChI=1S/C19H20ClNO3/c20-17-10-16(15-4-2-1-3-5-15)6-7-18(17)24-13-19(23)21-9-8-14(11-21)12-22/h1-7,10,14,22H,8-9,11-13H2. The fraction of sp³-hybridized carbons (Fsp3) is 0.316. The predicted molar refractivity (Wildman–Crippen MR) is 94.2 cm³/mol. The van der Waals surface area contributed by atoms with Crippen molar-refractivity contribution in [3.8, 4) is 16.9 Å². The average Bonchev–Trinajstić information content (AvgIpc) is 3.10. The Labute approximate surface area is 146 Å². The van der Waals surface area contributed by atoms with E-state index < -0.39 is 0 Å². The van der Waals surface area contributed by atoms with Gasteiger partial charge >= 0.3 is 0 Å². The van der Waals surface area contributed by atoms with Crippen molar-refractivity contribution < 1.29 is 14.6 Å². The molecule has 1 unspecified atom stereocenters. The molecule has 4 nitrogen and oxygen atoms in total. The van der Waals surface area contributed by atoms with Gasteiger partial charge in [0.25, 0.3) is 5.91 Å². The number of aliphatic hydroxyl groups excluding tert-OH is 1. The van der Waals surface area contributed by atoms with Gasteiger partial charge in [-0.25, -0.2) is 0 Å². The number of carbonyl (C=O) groups is 1. The van der Waals surface area contributed by atoms with Crippen molar-refractivity contribution in [3.05, 3.63) is 53.6 Å². The first kappa shape index (κ1) is 16.8. The van der Waals surface area contributed by atoms with E-state index in [2.05, 4.69) is 0 Å². The Bertz CT molecular complexity index is 705. The Morgan fingerprint density at radius 3 is 2.67 bits per heavy atom. The van der Waals surface area contributed by atoms with Gasteiger partial charge in [-0.05, 0) is 29.7 Å². The van der Waals surface area contributed by atoms with Crippen LogP contribution < -0.4 is 4.74 Å². The first-order chi connectivity index (χ1) is 11.7. The summed E-state index contributed by atoms with van der Waals surface area (Å²) in [5.74, 6) is 0.611. The number of likely N-dealkylation sites (tertiary alicyclic amines) is 1. The van der Waals surface area contributed by atoms with E-state index in [1.165, 1.54) is 0 Å². The number of amides is 1. The molecule has 2 aromatic rings. The molecule has 1 aliphatic rings. The predicted octanol–water partition coefficient (Wildman–Crippen LogP) is 3.23. The summed E-state index contributed by atoms with van der Waals surface area (Å²) >= 11 is 6.29. The molecule has 3 rings (SSSR count). The summed E-state index contributed by atoms with van der Waals surface area (Å²) in [5.41, 5.74) is 2.08. The summed E-state index contributed by atoms with van der Waals surface area (Å²) in [7, 11) is 0. The molecular weight excluding hydrogens is 326 g/mol. The minimum atomic E-state index is -0.0749. The Hall–Kier alpha value is -2.04. The molecular formula is C19H20ClNO3. The number of carbonyl (C=O) groups excluding carboxylic acids is 1. The van der Waals surface area contributed by atoms with Crippen molar-refractivity contribution in [2.45, 2.75) is 6.42 Å². The van der Waals surface area contributed by atoms with E-state index in [0.29, 0.717) is 23.9 Å². The molecule has 0 radical (unpaired) electrons. The van der Waals surface area contributed by atoms with Crippen LogP contribution in [0.3, 0.4) is 0 Å². The Morgan fingerprint density at radius 1 is 1.21 bits per heavy atom. The smallest absolute Gasteiger partial charge is 0.260 e. The first-order valence-electron chi connectivity index (χ1n) is 8.04. The maximum absolute atomic E-state index is 12.2. The highest BCUT2D eigenvalue weighted by atomic mass is 35.5. The summed E-state index contributed by atoms with van der Waals surface area (Å²) in [6.07, 6.45) is 0.842. The van der Waals surface area contributed by atoms with Crippen LogP contribution in [0, 0.1) is 5.92 Å². The van der Waals surface area contributed by atoms with E-state index in [1.54, 1.807) is 11.0 Å². The molecule has 2 aromatic carbocycles. The van der Waals surface area contributed by atoms with Crippen LogP contribution in [0.15, 0.2) is 48.5 Å². The second kappa shape index (κ2) is 7.69. The lowest BCUT2D eigenvalue weighted by molar-refractivity contribution is -0.132. The van der Waals surface area contributed by atoms with Crippen LogP contribution in [-0.2, 0) is 4.79 Å². The van der Waals surface area contributed by atoms with Crippen LogP contribution >= 0.6 is 11.6 Å². The number of aliphatic hydroxyl groups is 1. The zero-order valence-corrected chi connectivity index (χ0v) is 14.1. The van der Waals surface area contributed by atoms with E-state index in [9.17, 15) is 4.79 Å². The molecule has 1 atom stereocenters. The number of rotatable bonds is 5. The molecule has 0 saturated carbocycles. The highest BCUT2D eigenvalue weighted by Gasteiger charge is 2.25. The lowest BCUT2D eigenvalue weighted by Crippen LogP contribution is -2.33. The van der Waals surface area contributed by atoms with Gasteiger partial charge in [0.05, 0.1) is 5.02 Å². The lowest BCUT2D eigenvalue weighted by Gasteiger charge is -2.17. The zero-order valence-electron chi connectivity index (χ0n) is 13.3. The Balaban J connectivity index is 1.61. The molecule has 1 heterocycles. The summed E-state index contributed by atoms with van der Waals surface area (Å²) in [6.45, 7) is 1.35. The number of halogens is 1. The van der Waals surface area contributed by atoms with Crippen molar-refractivity contribution in [2.75, 3.05) is 26.3 Å². The summed E-state index contributed by atoms with van der Waals surface area (Å²) < 4.78 is 5.59. The van der Waals surface area contributed by atoms with Crippen LogP contribution in [0.2, 0.25) is 5.02 Å². The van der Waals surface area contributed by atoms with Gasteiger partial charge in [0.1, 0.15) is 5.75 Å². The van der Waals surface area contributed by atoms with E-state index in [0.717, 1.165) is 17.5 Å². The van der Waals surface area contributed by atoms with Crippen molar-refractivity contribution in [3.63, 3.8) is 0 Å². The summed E-state index contributed by atoms with van der Waals surface area (Å²) in [5, 5.41) is 9.63. The van der Waals surface area contributed by atoms with Gasteiger partial charge in [0.15, 0.2) is 6.61 Å². The van der Waals surface area contributed by atoms with E-state index in [-0.39, 0.29) is 25.0 Å². The number of benzene rings is 2. The van der Waals surface area contributed by atoms with Crippen molar-refractivity contribution >= 4 is 17.5 Å². The van der Waals surface area contributed by atoms with Crippen LogP contribution in [-0.4, -0.2) is 42.2 Å². The third-order valence-corrected chi connectivity index (χ3v) is 4.58. The minimum absolute atomic E-state index is 0.0391. The molecule has 1 aliphatic heterocycles. The lowest BCUT2D eigenvalue weighted by atomic mass is 10.1. The quantitative estimate of drug-likeness (QED) is 0.905. The van der Waals surface area contributed by atoms with Crippen molar-refractivity contribution in [1.82, 2.24) is 4.90 Å². The fourth-order valence-corrected chi connectivity index (χ4v) is 3.10. The summed E-state index contributed by atoms with van der Waals surface area (Å²) in [6, 6.07) is 15.5. The molecule has 0 aromatic heterocycles. The normalized spacial score (nSPS) is 17.1. The van der Waals surface area contributed by atoms with Gasteiger partial charge in [0, 0.05) is 25.6 Å². The topological polar surface area (TPSA) is 49.8 Å². The highest BCUT2D eigenvalue weighted by Crippen LogP contribution is 2.30. The third kappa shape index (κ3) is 3.89. The number of ether oxygens (including phenoxy) is 1. The molecule has 1 saturated heterocycles. The molecule has 1 amide bonds. The second-order valence-electron chi connectivity index (χ2n) is 5.98. The van der Waals surface area contributed by atoms with Gasteiger partial charge in [-0.1, -0.05) is 48.0 Å². The van der Waals surface area contributed by atoms with Gasteiger partial charge in [-0.15, -0.1) is 0 Å². The number of hydrogen-bond acceptors (Lipinski definition) is 3. The number of nitrogens with zero attached hydrogens (tertiary/aromatic N) is 1. The largest absolute Gasteiger partial charge is 0.482 e. The van der Waals surface area contributed by atoms with Gasteiger partial charge in [0.2, 0.25) is 0 Å². The van der Waals surface area contributed by atoms with Crippen LogP contribution in [0.1, 0.15) is 6.42 Å². The van der Waals surface area contributed by atoms with Gasteiger partial charge in [-0.2, -0.15) is 0 Å². The molecule has 1 N–H and O–H groups in total. The molecule has 1 fully saturated rings. The van der Waals surface area contributed by atoms with Crippen LogP contribution in [0.5, 0.6) is 5.75 Å². The molecule has 5 heteroatoms. The molecule has 126 valence electrons. The SMILES string of the molecule is O=C(COc1ccc(-c2ccccc2)cc1Cl)N1CCC(CO)C1. The second-order valence-corrected chi connectivity index (χ2v) is 6.38. The maximum atomic E-state index is 12.2. The monoisotopic (exact) mass is 345 g/mol. The molecule has 0 spiro atoms. The van der Waals surface area contributed by atoms with Gasteiger partial charge < -0.3 is 14.7 Å². The first-order valence-corrected chi connectivity index (χ1v) is 8.41. The Morgan fingerprint density at radius 2 is 2.00 bits per heavy atom. The van der Waals surface area contributed by atoms with E-state index >= 15 is 0 Å². The van der Waals surface area contributed by atoms with Crippen LogP contribution in [0.4, 0.5) is 0 Å². The van der Waals surface area contributed by atoms with Crippen molar-refractivity contribution in [1.29, 1.82) is 0 Å². The van der Waals surface area contributed by atoms with Gasteiger partial charge in [-0.3, -0.25) is 4.79 Å². The molecule has 24 heavy (non-hydrogen) atoms. The highest BCUT2D eigenvalue weighted by molar-refractivity contribution is 6.32. The van der Waals surface area contributed by atoms with E-state index in [4.69, 9.17) is 21.4 Å². The third-order valence-electron chi connectivity index (χ3n) is 4.29. The zero-order chi connectivity index (χ0) is 16.9. The van der Waals surface area contributed by atoms with Crippen molar-refractivity contribution in [2.24, 2.45) is 5.92 Å². The summed E-state index contributed by atoms with van der Waals surface area (Å²) in [4.78, 5) is 13.9. The Kier molecular flexibility index (Phi) is 5.38. The average molecular weight is 346 g/mol. The van der Waals surface area contributed by atoms with Crippen LogP contribution in [0.25, 0.3) is 11.1 Å². The molecule has 0 bridgehead atoms. The maximum Gasteiger partial charge on any atom is 0.260 e. The number of hydrogen-bond donors (Lipinski definition) is 1. The fourth-order valence-electron chi connectivity index (χ4n) is 2.87. The van der Waals surface area contributed by atoms with E-state index in [1.807, 2.05) is 42.5 Å².